The van der Waals surface area contributed by atoms with E-state index in [2.05, 4.69) is 17.2 Å². The highest BCUT2D eigenvalue weighted by molar-refractivity contribution is 6.11. The van der Waals surface area contributed by atoms with Gasteiger partial charge in [0.05, 0.1) is 23.0 Å². The average molecular weight is 465 g/mol. The average Bonchev–Trinajstić information content (AvgIpc) is 3.10. The molecule has 0 bridgehead atoms. The number of carbonyl (C=O) groups excluding carboxylic acids is 2. The first-order valence-electron chi connectivity index (χ1n) is 12.1. The molecule has 6 nitrogen and oxygen atoms in total. The van der Waals surface area contributed by atoms with Crippen LogP contribution in [0.2, 0.25) is 0 Å². The van der Waals surface area contributed by atoms with Gasteiger partial charge < -0.3 is 14.8 Å². The molecule has 180 valence electrons. The number of ketones is 1. The minimum Gasteiger partial charge on any atom is -0.336 e. The molecule has 1 amide bonds. The smallest absolute Gasteiger partial charge is 0.256 e. The Balaban J connectivity index is 1.91. The predicted molar refractivity (Wildman–Crippen MR) is 132 cm³/mol. The number of halogens is 1. The molecule has 2 atom stereocenters. The monoisotopic (exact) mass is 464 g/mol. The molecule has 1 aliphatic heterocycles. The Morgan fingerprint density at radius 1 is 1.29 bits per heavy atom. The lowest BCUT2D eigenvalue weighted by molar-refractivity contribution is 0.0716. The molecule has 1 aliphatic rings. The van der Waals surface area contributed by atoms with Gasteiger partial charge in [-0.05, 0) is 78.3 Å². The van der Waals surface area contributed by atoms with E-state index in [9.17, 15) is 14.0 Å². The number of hydrogen-bond acceptors (Lipinski definition) is 4. The Labute approximate surface area is 200 Å². The first-order chi connectivity index (χ1) is 16.2. The number of benzene rings is 1. The predicted octanol–water partition coefficient (Wildman–Crippen LogP) is 4.91. The van der Waals surface area contributed by atoms with Gasteiger partial charge >= 0.3 is 0 Å². The number of amides is 1. The van der Waals surface area contributed by atoms with Crippen LogP contribution in [0.15, 0.2) is 36.7 Å². The first-order valence-corrected chi connectivity index (χ1v) is 12.1. The van der Waals surface area contributed by atoms with Crippen LogP contribution < -0.4 is 5.32 Å². The number of piperidine rings is 1. The molecule has 1 unspecified atom stereocenters. The fourth-order valence-electron chi connectivity index (χ4n) is 5.23. The second-order valence-corrected chi connectivity index (χ2v) is 9.48. The van der Waals surface area contributed by atoms with Gasteiger partial charge in [-0.3, -0.25) is 14.6 Å². The Hall–Kier alpha value is -3.06. The number of hydrogen-bond donors (Lipinski definition) is 1. The summed E-state index contributed by atoms with van der Waals surface area (Å²) < 4.78 is 16.3. The molecule has 0 saturated carbocycles. The van der Waals surface area contributed by atoms with Crippen molar-refractivity contribution in [2.45, 2.75) is 59.5 Å². The number of Topliss-reactive ketones (excluding diaryl/α,β-unsaturated/α-hetero) is 1. The normalized spacial score (nSPS) is 18.4. The van der Waals surface area contributed by atoms with Crippen molar-refractivity contribution in [3.05, 3.63) is 59.3 Å². The standard InChI is InChI=1S/C27H33FN4O2/c1-6-31(16(2)3)27(34)22-14-20(28)7-8-23(22)32-18(5)25(21-10-11-29-15-24(21)32)26(33)19-9-12-30-17(4)13-19/h7-8,10-11,14-17,19,30H,6,9,12-13H2,1-5H3/t17-,19?/m0/s1. The molecule has 7 heteroatoms. The van der Waals surface area contributed by atoms with Gasteiger partial charge in [-0.1, -0.05) is 0 Å². The summed E-state index contributed by atoms with van der Waals surface area (Å²) in [5, 5.41) is 4.21. The van der Waals surface area contributed by atoms with E-state index in [0.29, 0.717) is 17.8 Å². The molecule has 0 aliphatic carbocycles. The number of nitrogens with zero attached hydrogens (tertiary/aromatic N) is 3. The summed E-state index contributed by atoms with van der Waals surface area (Å²) in [4.78, 5) is 33.2. The minimum atomic E-state index is -0.473. The number of nitrogens with one attached hydrogen (secondary N) is 1. The van der Waals surface area contributed by atoms with Crippen molar-refractivity contribution in [3.8, 4) is 5.69 Å². The SMILES string of the molecule is CCN(C(=O)c1cc(F)ccc1-n1c(C)c(C(=O)C2CCN[C@@H](C)C2)c2ccncc21)C(C)C. The second kappa shape index (κ2) is 9.66. The van der Waals surface area contributed by atoms with E-state index in [1.807, 2.05) is 38.3 Å². The Kier molecular flexibility index (Phi) is 6.84. The Bertz CT molecular complexity index is 1230. The Morgan fingerprint density at radius 3 is 2.74 bits per heavy atom. The third-order valence-corrected chi connectivity index (χ3v) is 6.90. The van der Waals surface area contributed by atoms with E-state index in [1.54, 1.807) is 23.4 Å². The fourth-order valence-corrected chi connectivity index (χ4v) is 5.23. The molecule has 1 fully saturated rings. The van der Waals surface area contributed by atoms with Crippen molar-refractivity contribution < 1.29 is 14.0 Å². The first kappa shape index (κ1) is 24.1. The van der Waals surface area contributed by atoms with E-state index >= 15 is 0 Å². The summed E-state index contributed by atoms with van der Waals surface area (Å²) in [6.07, 6.45) is 4.97. The molecule has 0 spiro atoms. The third kappa shape index (κ3) is 4.25. The third-order valence-electron chi connectivity index (χ3n) is 6.90. The van der Waals surface area contributed by atoms with Crippen molar-refractivity contribution in [1.82, 2.24) is 19.8 Å². The molecule has 1 saturated heterocycles. The quantitative estimate of drug-likeness (QED) is 0.526. The van der Waals surface area contributed by atoms with Crippen molar-refractivity contribution in [2.75, 3.05) is 13.1 Å². The lowest BCUT2D eigenvalue weighted by Gasteiger charge is -2.27. The van der Waals surface area contributed by atoms with E-state index in [1.165, 1.54) is 12.1 Å². The van der Waals surface area contributed by atoms with Crippen LogP contribution in [-0.2, 0) is 0 Å². The van der Waals surface area contributed by atoms with E-state index < -0.39 is 5.82 Å². The summed E-state index contributed by atoms with van der Waals surface area (Å²) in [7, 11) is 0. The number of pyridine rings is 1. The number of carbonyl (C=O) groups is 2. The number of rotatable bonds is 6. The maximum atomic E-state index is 14.4. The molecule has 3 aromatic rings. The fraction of sp³-hybridized carbons (Fsp3) is 0.444. The van der Waals surface area contributed by atoms with Gasteiger partial charge in [0.2, 0.25) is 0 Å². The molecular formula is C27H33FN4O2. The highest BCUT2D eigenvalue weighted by atomic mass is 19.1. The van der Waals surface area contributed by atoms with Gasteiger partial charge in [0.1, 0.15) is 5.82 Å². The second-order valence-electron chi connectivity index (χ2n) is 9.48. The summed E-state index contributed by atoms with van der Waals surface area (Å²) in [5.74, 6) is -0.655. The summed E-state index contributed by atoms with van der Waals surface area (Å²) in [5.41, 5.74) is 2.97. The molecule has 2 aromatic heterocycles. The van der Waals surface area contributed by atoms with Crippen molar-refractivity contribution in [3.63, 3.8) is 0 Å². The number of fused-ring (bicyclic) bond motifs is 1. The van der Waals surface area contributed by atoms with Crippen molar-refractivity contribution >= 4 is 22.6 Å². The maximum Gasteiger partial charge on any atom is 0.256 e. The van der Waals surface area contributed by atoms with Crippen LogP contribution >= 0.6 is 0 Å². The van der Waals surface area contributed by atoms with E-state index in [4.69, 9.17) is 0 Å². The molecular weight excluding hydrogens is 431 g/mol. The van der Waals surface area contributed by atoms with E-state index in [0.717, 1.165) is 36.0 Å². The maximum absolute atomic E-state index is 14.4. The molecule has 0 radical (unpaired) electrons. The summed E-state index contributed by atoms with van der Waals surface area (Å²) >= 11 is 0. The van der Waals surface area contributed by atoms with Crippen molar-refractivity contribution in [2.24, 2.45) is 5.92 Å². The van der Waals surface area contributed by atoms with Gasteiger partial charge in [-0.15, -0.1) is 0 Å². The summed E-state index contributed by atoms with van der Waals surface area (Å²) in [6, 6.07) is 6.38. The van der Waals surface area contributed by atoms with Gasteiger partial charge in [0.25, 0.3) is 5.91 Å². The zero-order chi connectivity index (χ0) is 24.6. The topological polar surface area (TPSA) is 67.2 Å². The minimum absolute atomic E-state index is 0.0307. The van der Waals surface area contributed by atoms with Crippen LogP contribution in [0.25, 0.3) is 16.6 Å². The van der Waals surface area contributed by atoms with Crippen LogP contribution in [-0.4, -0.2) is 51.3 Å². The van der Waals surface area contributed by atoms with Crippen LogP contribution in [0.4, 0.5) is 4.39 Å². The summed E-state index contributed by atoms with van der Waals surface area (Å²) in [6.45, 7) is 11.1. The zero-order valence-electron chi connectivity index (χ0n) is 20.6. The van der Waals surface area contributed by atoms with Crippen LogP contribution in [0.5, 0.6) is 0 Å². The zero-order valence-corrected chi connectivity index (χ0v) is 20.6. The van der Waals surface area contributed by atoms with Gasteiger partial charge in [0.15, 0.2) is 5.78 Å². The van der Waals surface area contributed by atoms with Crippen LogP contribution in [0.1, 0.15) is 66.9 Å². The molecule has 1 aromatic carbocycles. The largest absolute Gasteiger partial charge is 0.336 e. The lowest BCUT2D eigenvalue weighted by Crippen LogP contribution is -2.38. The molecule has 3 heterocycles. The molecule has 34 heavy (non-hydrogen) atoms. The van der Waals surface area contributed by atoms with Crippen molar-refractivity contribution in [1.29, 1.82) is 0 Å². The Morgan fingerprint density at radius 2 is 2.06 bits per heavy atom. The van der Waals surface area contributed by atoms with Gasteiger partial charge in [-0.25, -0.2) is 4.39 Å². The van der Waals surface area contributed by atoms with Gasteiger partial charge in [-0.2, -0.15) is 0 Å². The highest BCUT2D eigenvalue weighted by Crippen LogP contribution is 2.34. The highest BCUT2D eigenvalue weighted by Gasteiger charge is 2.31. The van der Waals surface area contributed by atoms with Crippen LogP contribution in [0.3, 0.4) is 0 Å². The van der Waals surface area contributed by atoms with Gasteiger partial charge in [0, 0.05) is 47.4 Å². The van der Waals surface area contributed by atoms with Crippen LogP contribution in [0, 0.1) is 18.7 Å². The molecule has 1 N–H and O–H groups in total. The lowest BCUT2D eigenvalue weighted by atomic mass is 9.86. The number of aromatic nitrogens is 2. The van der Waals surface area contributed by atoms with E-state index in [-0.39, 0.29) is 35.3 Å². The molecule has 4 rings (SSSR count).